The zero-order chi connectivity index (χ0) is 7.71. The first-order valence-corrected chi connectivity index (χ1v) is 3.94. The van der Waals surface area contributed by atoms with Crippen molar-refractivity contribution in [2.75, 3.05) is 5.33 Å². The summed E-state index contributed by atoms with van der Waals surface area (Å²) >= 11 is 3.10. The topological polar surface area (TPSA) is 40.5 Å². The van der Waals surface area contributed by atoms with Crippen molar-refractivity contribution < 1.29 is 10.2 Å². The molecule has 0 bridgehead atoms. The molecule has 0 fully saturated rings. The van der Waals surface area contributed by atoms with E-state index < -0.39 is 11.2 Å². The summed E-state index contributed by atoms with van der Waals surface area (Å²) in [7, 11) is 0. The molecule has 0 radical (unpaired) electrons. The van der Waals surface area contributed by atoms with Crippen LogP contribution >= 0.6 is 15.9 Å². The first-order valence-electron chi connectivity index (χ1n) is 2.82. The molecule has 0 rings (SSSR count). The van der Waals surface area contributed by atoms with Gasteiger partial charge in [-0.1, -0.05) is 15.9 Å². The molecule has 0 spiro atoms. The van der Waals surface area contributed by atoms with E-state index in [-0.39, 0.29) is 0 Å². The molecular weight excluding hydrogens is 184 g/mol. The van der Waals surface area contributed by atoms with Gasteiger partial charge in [0.2, 0.25) is 0 Å². The van der Waals surface area contributed by atoms with Crippen molar-refractivity contribution in [2.45, 2.75) is 32.0 Å². The summed E-state index contributed by atoms with van der Waals surface area (Å²) in [5.74, 6) is 0. The Balaban J connectivity index is 4.14. The quantitative estimate of drug-likeness (QED) is 0.645. The van der Waals surface area contributed by atoms with E-state index in [1.54, 1.807) is 20.8 Å². The van der Waals surface area contributed by atoms with Crippen molar-refractivity contribution in [1.82, 2.24) is 0 Å². The van der Waals surface area contributed by atoms with Crippen LogP contribution in [0.15, 0.2) is 0 Å². The van der Waals surface area contributed by atoms with Gasteiger partial charge < -0.3 is 10.2 Å². The Morgan fingerprint density at radius 3 is 1.56 bits per heavy atom. The Hall–Kier alpha value is 0.400. The van der Waals surface area contributed by atoms with Crippen LogP contribution in [-0.4, -0.2) is 26.7 Å². The lowest BCUT2D eigenvalue weighted by Crippen LogP contribution is -2.48. The number of aliphatic hydroxyl groups is 2. The third-order valence-corrected chi connectivity index (χ3v) is 2.67. The van der Waals surface area contributed by atoms with Gasteiger partial charge in [-0.3, -0.25) is 0 Å². The summed E-state index contributed by atoms with van der Waals surface area (Å²) in [6, 6.07) is 0. The largest absolute Gasteiger partial charge is 0.387 e. The van der Waals surface area contributed by atoms with Crippen LogP contribution in [0.25, 0.3) is 0 Å². The number of rotatable bonds is 2. The molecule has 0 heterocycles. The van der Waals surface area contributed by atoms with Gasteiger partial charge in [0.1, 0.15) is 0 Å². The van der Waals surface area contributed by atoms with Gasteiger partial charge in [0.05, 0.1) is 11.2 Å². The fourth-order valence-corrected chi connectivity index (χ4v) is 0.850. The molecule has 1 unspecified atom stereocenters. The predicted octanol–water partition coefficient (Wildman–Crippen LogP) is 0.903. The Labute approximate surface area is 64.0 Å². The highest BCUT2D eigenvalue weighted by Gasteiger charge is 2.36. The van der Waals surface area contributed by atoms with Crippen LogP contribution in [0.2, 0.25) is 0 Å². The molecule has 0 saturated heterocycles. The van der Waals surface area contributed by atoms with Crippen molar-refractivity contribution in [3.8, 4) is 0 Å². The number of hydrogen-bond donors (Lipinski definition) is 2. The highest BCUT2D eigenvalue weighted by molar-refractivity contribution is 9.09. The van der Waals surface area contributed by atoms with Crippen LogP contribution in [0.4, 0.5) is 0 Å². The van der Waals surface area contributed by atoms with Gasteiger partial charge in [0.25, 0.3) is 0 Å². The lowest BCUT2D eigenvalue weighted by atomic mass is 9.90. The van der Waals surface area contributed by atoms with Gasteiger partial charge in [0.15, 0.2) is 0 Å². The Bertz CT molecular complexity index is 93.7. The molecule has 0 aliphatic rings. The van der Waals surface area contributed by atoms with E-state index in [1.165, 1.54) is 0 Å². The van der Waals surface area contributed by atoms with Crippen LogP contribution in [0.5, 0.6) is 0 Å². The minimum absolute atomic E-state index is 0.378. The zero-order valence-corrected chi connectivity index (χ0v) is 7.57. The molecule has 9 heavy (non-hydrogen) atoms. The number of halogens is 1. The molecule has 56 valence electrons. The average Bonchev–Trinajstić information content (AvgIpc) is 1.64. The highest BCUT2D eigenvalue weighted by atomic mass is 79.9. The SMILES string of the molecule is CC(C)(O)C(C)(O)CBr. The van der Waals surface area contributed by atoms with Gasteiger partial charge in [-0.15, -0.1) is 0 Å². The summed E-state index contributed by atoms with van der Waals surface area (Å²) in [6.45, 7) is 4.74. The molecule has 1 atom stereocenters. The van der Waals surface area contributed by atoms with Crippen LogP contribution in [-0.2, 0) is 0 Å². The van der Waals surface area contributed by atoms with E-state index in [9.17, 15) is 10.2 Å². The van der Waals surface area contributed by atoms with E-state index in [1.807, 2.05) is 0 Å². The molecule has 0 aliphatic carbocycles. The molecule has 0 aromatic rings. The maximum Gasteiger partial charge on any atom is 0.0996 e. The third kappa shape index (κ3) is 2.24. The van der Waals surface area contributed by atoms with Gasteiger partial charge in [-0.25, -0.2) is 0 Å². The van der Waals surface area contributed by atoms with Crippen LogP contribution in [0.1, 0.15) is 20.8 Å². The molecular formula is C6H13BrO2. The zero-order valence-electron chi connectivity index (χ0n) is 5.98. The molecule has 0 amide bonds. The Morgan fingerprint density at radius 1 is 1.22 bits per heavy atom. The van der Waals surface area contributed by atoms with Crippen molar-refractivity contribution >= 4 is 15.9 Å². The van der Waals surface area contributed by atoms with Crippen molar-refractivity contribution in [3.63, 3.8) is 0 Å². The van der Waals surface area contributed by atoms with Crippen LogP contribution < -0.4 is 0 Å². The normalized spacial score (nSPS) is 19.3. The monoisotopic (exact) mass is 196 g/mol. The van der Waals surface area contributed by atoms with Gasteiger partial charge in [0, 0.05) is 5.33 Å². The lowest BCUT2D eigenvalue weighted by molar-refractivity contribution is -0.103. The summed E-state index contributed by atoms with van der Waals surface area (Å²) in [5, 5.41) is 19.0. The van der Waals surface area contributed by atoms with E-state index in [4.69, 9.17) is 0 Å². The standard InChI is InChI=1S/C6H13BrO2/c1-5(2,8)6(3,9)4-7/h8-9H,4H2,1-3H3. The second-order valence-corrected chi connectivity index (χ2v) is 3.53. The first kappa shape index (κ1) is 9.40. The fourth-order valence-electron chi connectivity index (χ4n) is 0.164. The van der Waals surface area contributed by atoms with E-state index in [0.717, 1.165) is 0 Å². The van der Waals surface area contributed by atoms with E-state index in [2.05, 4.69) is 15.9 Å². The van der Waals surface area contributed by atoms with Gasteiger partial charge in [-0.05, 0) is 20.8 Å². The third-order valence-electron chi connectivity index (χ3n) is 1.58. The maximum atomic E-state index is 9.36. The molecule has 2 nitrogen and oxygen atoms in total. The van der Waals surface area contributed by atoms with Crippen LogP contribution in [0.3, 0.4) is 0 Å². The van der Waals surface area contributed by atoms with Gasteiger partial charge in [-0.2, -0.15) is 0 Å². The summed E-state index contributed by atoms with van der Waals surface area (Å²) in [4.78, 5) is 0. The fraction of sp³-hybridized carbons (Fsp3) is 1.00. The lowest BCUT2D eigenvalue weighted by Gasteiger charge is -2.33. The summed E-state index contributed by atoms with van der Waals surface area (Å²) in [6.07, 6.45) is 0. The van der Waals surface area contributed by atoms with Crippen molar-refractivity contribution in [2.24, 2.45) is 0 Å². The average molecular weight is 197 g/mol. The number of hydrogen-bond acceptors (Lipinski definition) is 2. The van der Waals surface area contributed by atoms with E-state index in [0.29, 0.717) is 5.33 Å². The van der Waals surface area contributed by atoms with Crippen molar-refractivity contribution in [3.05, 3.63) is 0 Å². The first-order chi connectivity index (χ1) is 3.81. The van der Waals surface area contributed by atoms with Crippen LogP contribution in [0, 0.1) is 0 Å². The van der Waals surface area contributed by atoms with Gasteiger partial charge >= 0.3 is 0 Å². The second kappa shape index (κ2) is 2.56. The van der Waals surface area contributed by atoms with Crippen molar-refractivity contribution in [1.29, 1.82) is 0 Å². The summed E-state index contributed by atoms with van der Waals surface area (Å²) < 4.78 is 0. The molecule has 2 N–H and O–H groups in total. The Kier molecular flexibility index (Phi) is 2.68. The minimum atomic E-state index is -1.05. The van der Waals surface area contributed by atoms with E-state index >= 15 is 0 Å². The second-order valence-electron chi connectivity index (χ2n) is 2.97. The molecule has 3 heteroatoms. The molecule has 0 aromatic carbocycles. The number of alkyl halides is 1. The maximum absolute atomic E-state index is 9.36. The predicted molar refractivity (Wildman–Crippen MR) is 40.7 cm³/mol. The molecule has 0 aliphatic heterocycles. The highest BCUT2D eigenvalue weighted by Crippen LogP contribution is 2.22. The summed E-state index contributed by atoms with van der Waals surface area (Å²) in [5.41, 5.74) is -2.09. The smallest absolute Gasteiger partial charge is 0.0996 e. The molecule has 0 aromatic heterocycles. The molecule has 0 saturated carbocycles. The Morgan fingerprint density at radius 2 is 1.56 bits per heavy atom. The minimum Gasteiger partial charge on any atom is -0.387 e.